The Balaban J connectivity index is 1.70. The van der Waals surface area contributed by atoms with Crippen LogP contribution in [0, 0.1) is 11.7 Å². The van der Waals surface area contributed by atoms with Crippen molar-refractivity contribution in [2.24, 2.45) is 13.0 Å². The van der Waals surface area contributed by atoms with Crippen molar-refractivity contribution in [3.05, 3.63) is 86.3 Å². The predicted molar refractivity (Wildman–Crippen MR) is 127 cm³/mol. The first-order valence-electron chi connectivity index (χ1n) is 11.2. The highest BCUT2D eigenvalue weighted by molar-refractivity contribution is 5.77. The fourth-order valence-corrected chi connectivity index (χ4v) is 4.57. The van der Waals surface area contributed by atoms with Gasteiger partial charge in [0.25, 0.3) is 5.56 Å². The van der Waals surface area contributed by atoms with Gasteiger partial charge in [-0.3, -0.25) is 13.9 Å². The van der Waals surface area contributed by atoms with Gasteiger partial charge in [-0.1, -0.05) is 44.2 Å². The molecule has 0 aliphatic carbocycles. The van der Waals surface area contributed by atoms with Gasteiger partial charge in [0.15, 0.2) is 11.2 Å². The van der Waals surface area contributed by atoms with Crippen molar-refractivity contribution in [1.82, 2.24) is 18.7 Å². The van der Waals surface area contributed by atoms with Gasteiger partial charge in [0.2, 0.25) is 5.95 Å². The minimum absolute atomic E-state index is 0.133. The Bertz CT molecular complexity index is 1470. The summed E-state index contributed by atoms with van der Waals surface area (Å²) in [6, 6.07) is 14.5. The quantitative estimate of drug-likeness (QED) is 0.481. The minimum Gasteiger partial charge on any atom is -0.312 e. The summed E-state index contributed by atoms with van der Waals surface area (Å²) < 4.78 is 18.6. The number of imidazole rings is 1. The minimum atomic E-state index is -0.516. The third kappa shape index (κ3) is 3.46. The van der Waals surface area contributed by atoms with Crippen molar-refractivity contribution >= 4 is 22.8 Å². The van der Waals surface area contributed by atoms with E-state index in [1.807, 2.05) is 4.57 Å². The maximum Gasteiger partial charge on any atom is 0.332 e. The molecule has 4 aromatic rings. The molecule has 2 aromatic carbocycles. The Morgan fingerprint density at radius 3 is 2.48 bits per heavy atom. The first-order valence-corrected chi connectivity index (χ1v) is 11.2. The zero-order valence-electron chi connectivity index (χ0n) is 19.0. The summed E-state index contributed by atoms with van der Waals surface area (Å²) in [6.45, 7) is 5.48. The summed E-state index contributed by atoms with van der Waals surface area (Å²) in [7, 11) is 1.60. The highest BCUT2D eigenvalue weighted by Gasteiger charge is 2.30. The van der Waals surface area contributed by atoms with Crippen LogP contribution < -0.4 is 16.1 Å². The maximum atomic E-state index is 14.3. The van der Waals surface area contributed by atoms with Crippen LogP contribution in [0.1, 0.15) is 25.0 Å². The molecule has 0 spiro atoms. The lowest BCUT2D eigenvalue weighted by atomic mass is 10.1. The molecule has 1 aliphatic heterocycles. The van der Waals surface area contributed by atoms with Crippen LogP contribution in [0.25, 0.3) is 11.2 Å². The SMILES string of the molecule is CCc1ccc(N2CC(C)Cn3c2nc2c3c(=O)n(Cc3ccccc3F)c(=O)n2C)cc1. The molecule has 1 unspecified atom stereocenters. The summed E-state index contributed by atoms with van der Waals surface area (Å²) in [5.74, 6) is 0.456. The molecule has 0 saturated heterocycles. The fourth-order valence-electron chi connectivity index (χ4n) is 4.57. The van der Waals surface area contributed by atoms with Crippen LogP contribution in [0.4, 0.5) is 16.0 Å². The van der Waals surface area contributed by atoms with Gasteiger partial charge in [-0.25, -0.2) is 9.18 Å². The molecule has 33 heavy (non-hydrogen) atoms. The third-order valence-electron chi connectivity index (χ3n) is 6.38. The summed E-state index contributed by atoms with van der Waals surface area (Å²) in [6.07, 6.45) is 0.957. The van der Waals surface area contributed by atoms with E-state index >= 15 is 0 Å². The molecule has 3 heterocycles. The Morgan fingerprint density at radius 1 is 1.06 bits per heavy atom. The predicted octanol–water partition coefficient (Wildman–Crippen LogP) is 3.43. The maximum absolute atomic E-state index is 14.3. The normalized spacial score (nSPS) is 15.8. The fraction of sp³-hybridized carbons (Fsp3) is 0.320. The molecule has 170 valence electrons. The summed E-state index contributed by atoms with van der Waals surface area (Å²) in [4.78, 5) is 33.4. The standard InChI is InChI=1S/C25H26FN5O2/c1-4-17-9-11-19(12-10-17)29-13-16(2)14-30-21-22(27-24(29)30)28(3)25(33)31(23(21)32)15-18-7-5-6-8-20(18)26/h5-12,16H,4,13-15H2,1-3H3. The van der Waals surface area contributed by atoms with Gasteiger partial charge < -0.3 is 9.47 Å². The van der Waals surface area contributed by atoms with Crippen molar-refractivity contribution < 1.29 is 4.39 Å². The van der Waals surface area contributed by atoms with Crippen molar-refractivity contribution in [3.8, 4) is 0 Å². The molecule has 0 fully saturated rings. The van der Waals surface area contributed by atoms with Crippen LogP contribution in [0.3, 0.4) is 0 Å². The smallest absolute Gasteiger partial charge is 0.312 e. The van der Waals surface area contributed by atoms with E-state index in [0.717, 1.165) is 23.2 Å². The topological polar surface area (TPSA) is 65.1 Å². The largest absolute Gasteiger partial charge is 0.332 e. The van der Waals surface area contributed by atoms with Crippen LogP contribution in [-0.2, 0) is 26.6 Å². The molecule has 0 bridgehead atoms. The molecule has 7 nitrogen and oxygen atoms in total. The lowest BCUT2D eigenvalue weighted by Crippen LogP contribution is -2.40. The first kappa shape index (κ1) is 21.2. The van der Waals surface area contributed by atoms with E-state index in [1.54, 1.807) is 25.2 Å². The zero-order valence-corrected chi connectivity index (χ0v) is 19.0. The molecule has 5 rings (SSSR count). The molecule has 1 atom stereocenters. The number of anilines is 2. The van der Waals surface area contributed by atoms with Crippen LogP contribution in [0.15, 0.2) is 58.1 Å². The Hall–Kier alpha value is -3.68. The van der Waals surface area contributed by atoms with E-state index in [0.29, 0.717) is 29.2 Å². The van der Waals surface area contributed by atoms with Crippen molar-refractivity contribution in [2.45, 2.75) is 33.4 Å². The summed E-state index contributed by atoms with van der Waals surface area (Å²) >= 11 is 0. The zero-order chi connectivity index (χ0) is 23.3. The average molecular weight is 448 g/mol. The molecule has 0 radical (unpaired) electrons. The second-order valence-electron chi connectivity index (χ2n) is 8.75. The highest BCUT2D eigenvalue weighted by atomic mass is 19.1. The molecule has 2 aromatic heterocycles. The Morgan fingerprint density at radius 2 is 1.79 bits per heavy atom. The number of rotatable bonds is 4. The van der Waals surface area contributed by atoms with Gasteiger partial charge >= 0.3 is 5.69 Å². The molecular formula is C25H26FN5O2. The van der Waals surface area contributed by atoms with E-state index in [4.69, 9.17) is 4.98 Å². The van der Waals surface area contributed by atoms with Crippen LogP contribution in [-0.4, -0.2) is 25.2 Å². The second kappa shape index (κ2) is 8.03. The van der Waals surface area contributed by atoms with Crippen molar-refractivity contribution in [3.63, 3.8) is 0 Å². The van der Waals surface area contributed by atoms with E-state index in [-0.39, 0.29) is 12.5 Å². The van der Waals surface area contributed by atoms with E-state index in [2.05, 4.69) is 43.0 Å². The molecule has 0 saturated carbocycles. The van der Waals surface area contributed by atoms with Crippen LogP contribution in [0.5, 0.6) is 0 Å². The van der Waals surface area contributed by atoms with Crippen LogP contribution >= 0.6 is 0 Å². The lowest BCUT2D eigenvalue weighted by molar-refractivity contribution is 0.458. The van der Waals surface area contributed by atoms with Gasteiger partial charge in [-0.15, -0.1) is 0 Å². The second-order valence-corrected chi connectivity index (χ2v) is 8.75. The van der Waals surface area contributed by atoms with Gasteiger partial charge in [0.05, 0.1) is 6.54 Å². The van der Waals surface area contributed by atoms with Crippen LogP contribution in [0.2, 0.25) is 0 Å². The number of aryl methyl sites for hydroxylation is 2. The highest BCUT2D eigenvalue weighted by Crippen LogP contribution is 2.33. The summed E-state index contributed by atoms with van der Waals surface area (Å²) in [5.41, 5.74) is 2.27. The molecular weight excluding hydrogens is 421 g/mol. The van der Waals surface area contributed by atoms with Gasteiger partial charge in [0.1, 0.15) is 5.82 Å². The number of halogens is 1. The van der Waals surface area contributed by atoms with Crippen molar-refractivity contribution in [1.29, 1.82) is 0 Å². The van der Waals surface area contributed by atoms with E-state index in [1.165, 1.54) is 16.2 Å². The molecule has 0 N–H and O–H groups in total. The number of benzene rings is 2. The monoisotopic (exact) mass is 447 g/mol. The number of nitrogens with zero attached hydrogens (tertiary/aromatic N) is 5. The van der Waals surface area contributed by atoms with Gasteiger partial charge in [0, 0.05) is 31.4 Å². The number of aromatic nitrogens is 4. The number of hydrogen-bond acceptors (Lipinski definition) is 4. The molecule has 1 aliphatic rings. The lowest BCUT2D eigenvalue weighted by Gasteiger charge is -2.33. The third-order valence-corrected chi connectivity index (χ3v) is 6.38. The number of fused-ring (bicyclic) bond motifs is 3. The summed E-state index contributed by atoms with van der Waals surface area (Å²) in [5, 5.41) is 0. The van der Waals surface area contributed by atoms with E-state index in [9.17, 15) is 14.0 Å². The average Bonchev–Trinajstić information content (AvgIpc) is 3.20. The first-order chi connectivity index (χ1) is 15.9. The van der Waals surface area contributed by atoms with E-state index < -0.39 is 17.1 Å². The van der Waals surface area contributed by atoms with Crippen molar-refractivity contribution in [2.75, 3.05) is 11.4 Å². The van der Waals surface area contributed by atoms with Gasteiger partial charge in [-0.2, -0.15) is 4.98 Å². The van der Waals surface area contributed by atoms with Gasteiger partial charge in [-0.05, 0) is 36.1 Å². The number of hydrogen-bond donors (Lipinski definition) is 0. The Labute approximate surface area is 190 Å². The Kier molecular flexibility index (Phi) is 5.15. The molecule has 8 heteroatoms. The molecule has 0 amide bonds.